The van der Waals surface area contributed by atoms with Gasteiger partial charge in [0.15, 0.2) is 16.8 Å². The Morgan fingerprint density at radius 1 is 1.19 bits per heavy atom. The number of benzene rings is 2. The molecule has 1 aliphatic heterocycles. The molecule has 1 fully saturated rings. The van der Waals surface area contributed by atoms with Crippen molar-refractivity contribution in [3.8, 4) is 5.75 Å². The van der Waals surface area contributed by atoms with Gasteiger partial charge in [-0.25, -0.2) is 13.8 Å². The maximum Gasteiger partial charge on any atom is 0.258 e. The van der Waals surface area contributed by atoms with Gasteiger partial charge >= 0.3 is 0 Å². The number of carbonyl (C=O) groups excluding carboxylic acids is 2. The first-order valence-electron chi connectivity index (χ1n) is 9.71. The number of halogens is 2. The molecule has 1 saturated heterocycles. The van der Waals surface area contributed by atoms with Crippen molar-refractivity contribution in [3.05, 3.63) is 76.3 Å². The number of phenolic OH excluding ortho intramolecular Hbond substituents is 1. The maximum atomic E-state index is 13.4. The van der Waals surface area contributed by atoms with Gasteiger partial charge in [-0.2, -0.15) is 0 Å². The van der Waals surface area contributed by atoms with Crippen LogP contribution in [0.15, 0.2) is 48.7 Å². The number of para-hydroxylation sites is 1. The van der Waals surface area contributed by atoms with Crippen LogP contribution in [0, 0.1) is 11.6 Å². The van der Waals surface area contributed by atoms with E-state index in [4.69, 9.17) is 0 Å². The molecule has 2 heterocycles. The highest BCUT2D eigenvalue weighted by atomic mass is 32.1. The van der Waals surface area contributed by atoms with Crippen molar-refractivity contribution in [3.63, 3.8) is 0 Å². The molecule has 1 unspecified atom stereocenters. The molecule has 160 valence electrons. The number of hydrogen-bond donors (Lipinski definition) is 2. The lowest BCUT2D eigenvalue weighted by molar-refractivity contribution is -0.119. The Balaban J connectivity index is 1.42. The number of carbonyl (C=O) groups is 2. The van der Waals surface area contributed by atoms with Gasteiger partial charge < -0.3 is 15.3 Å². The summed E-state index contributed by atoms with van der Waals surface area (Å²) in [6.07, 6.45) is 3.11. The normalized spacial score (nSPS) is 15.8. The van der Waals surface area contributed by atoms with E-state index in [-0.39, 0.29) is 17.2 Å². The average molecular weight is 443 g/mol. The van der Waals surface area contributed by atoms with Crippen LogP contribution in [0.5, 0.6) is 5.75 Å². The first kappa shape index (κ1) is 20.9. The van der Waals surface area contributed by atoms with Gasteiger partial charge in [0.2, 0.25) is 5.91 Å². The van der Waals surface area contributed by atoms with Crippen molar-refractivity contribution in [1.82, 2.24) is 9.88 Å². The molecule has 1 aliphatic rings. The summed E-state index contributed by atoms with van der Waals surface area (Å²) in [5.41, 5.74) is 0.751. The monoisotopic (exact) mass is 443 g/mol. The van der Waals surface area contributed by atoms with E-state index in [0.29, 0.717) is 36.5 Å². The molecule has 6 nitrogen and oxygen atoms in total. The summed E-state index contributed by atoms with van der Waals surface area (Å²) in [7, 11) is 0. The second kappa shape index (κ2) is 8.81. The van der Waals surface area contributed by atoms with Gasteiger partial charge in [0.25, 0.3) is 5.91 Å². The number of anilines is 1. The minimum atomic E-state index is -0.911. The van der Waals surface area contributed by atoms with Crippen molar-refractivity contribution in [2.24, 2.45) is 0 Å². The molecular formula is C22H19F2N3O3S. The third-order valence-electron chi connectivity index (χ3n) is 5.10. The zero-order chi connectivity index (χ0) is 22.0. The maximum absolute atomic E-state index is 13.4. The topological polar surface area (TPSA) is 82.5 Å². The summed E-state index contributed by atoms with van der Waals surface area (Å²) in [5, 5.41) is 13.1. The summed E-state index contributed by atoms with van der Waals surface area (Å²) >= 11 is 1.23. The van der Waals surface area contributed by atoms with Crippen LogP contribution in [0.4, 0.5) is 13.9 Å². The molecule has 0 radical (unpaired) electrons. The minimum Gasteiger partial charge on any atom is -0.507 e. The highest BCUT2D eigenvalue weighted by Crippen LogP contribution is 2.27. The Labute approximate surface area is 181 Å². The number of nitrogens with zero attached hydrogens (tertiary/aromatic N) is 2. The molecule has 1 atom stereocenters. The van der Waals surface area contributed by atoms with Crippen LogP contribution in [0.1, 0.15) is 33.6 Å². The molecular weight excluding hydrogens is 424 g/mol. The highest BCUT2D eigenvalue weighted by Gasteiger charge is 2.35. The number of thiazole rings is 1. The van der Waals surface area contributed by atoms with Gasteiger partial charge in [-0.15, -0.1) is 11.3 Å². The first-order valence-corrected chi connectivity index (χ1v) is 10.5. The van der Waals surface area contributed by atoms with Crippen molar-refractivity contribution in [2.75, 3.05) is 11.9 Å². The van der Waals surface area contributed by atoms with Crippen LogP contribution in [-0.4, -0.2) is 39.4 Å². The number of phenols is 1. The molecule has 0 saturated carbocycles. The molecule has 4 rings (SSSR count). The summed E-state index contributed by atoms with van der Waals surface area (Å²) in [6.45, 7) is 0.421. The van der Waals surface area contributed by atoms with Gasteiger partial charge in [0.1, 0.15) is 11.8 Å². The van der Waals surface area contributed by atoms with Crippen LogP contribution >= 0.6 is 11.3 Å². The fourth-order valence-corrected chi connectivity index (χ4v) is 4.43. The molecule has 2 amide bonds. The molecule has 1 aromatic heterocycles. The van der Waals surface area contributed by atoms with Crippen molar-refractivity contribution < 1.29 is 23.5 Å². The predicted molar refractivity (Wildman–Crippen MR) is 112 cm³/mol. The summed E-state index contributed by atoms with van der Waals surface area (Å²) in [6, 6.07) is 9.28. The van der Waals surface area contributed by atoms with Gasteiger partial charge in [-0.05, 0) is 42.7 Å². The van der Waals surface area contributed by atoms with E-state index in [1.165, 1.54) is 34.4 Å². The van der Waals surface area contributed by atoms with Crippen LogP contribution in [0.3, 0.4) is 0 Å². The minimum absolute atomic E-state index is 0.125. The van der Waals surface area contributed by atoms with Gasteiger partial charge in [-0.1, -0.05) is 18.2 Å². The molecule has 9 heteroatoms. The van der Waals surface area contributed by atoms with Gasteiger partial charge in [-0.3, -0.25) is 9.59 Å². The van der Waals surface area contributed by atoms with Crippen molar-refractivity contribution in [2.45, 2.75) is 25.3 Å². The predicted octanol–water partition coefficient (Wildman–Crippen LogP) is 3.96. The lowest BCUT2D eigenvalue weighted by atomic mass is 10.1. The average Bonchev–Trinajstić information content (AvgIpc) is 3.40. The molecule has 2 N–H and O–H groups in total. The summed E-state index contributed by atoms with van der Waals surface area (Å²) < 4.78 is 26.5. The fraction of sp³-hybridized carbons (Fsp3) is 0.227. The Morgan fingerprint density at radius 2 is 2.00 bits per heavy atom. The lowest BCUT2D eigenvalue weighted by Crippen LogP contribution is -2.43. The zero-order valence-corrected chi connectivity index (χ0v) is 17.2. The number of aromatic hydroxyl groups is 1. The number of nitrogens with one attached hydrogen (secondary N) is 1. The van der Waals surface area contributed by atoms with E-state index in [1.54, 1.807) is 18.3 Å². The van der Waals surface area contributed by atoms with Crippen LogP contribution in [-0.2, 0) is 11.2 Å². The van der Waals surface area contributed by atoms with Crippen LogP contribution in [0.2, 0.25) is 0 Å². The van der Waals surface area contributed by atoms with E-state index in [0.717, 1.165) is 17.0 Å². The lowest BCUT2D eigenvalue weighted by Gasteiger charge is -2.23. The van der Waals surface area contributed by atoms with E-state index in [9.17, 15) is 23.5 Å². The molecule has 0 bridgehead atoms. The Morgan fingerprint density at radius 3 is 2.77 bits per heavy atom. The second-order valence-corrected chi connectivity index (χ2v) is 8.34. The summed E-state index contributed by atoms with van der Waals surface area (Å²) in [5.74, 6) is -2.68. The standard InChI is InChI=1S/C22H19F2N3O3S/c23-16-8-7-13(11-17(16)24)10-14-12-25-22(31-14)26-20(29)18-5-3-9-27(18)21(30)15-4-1-2-6-19(15)28/h1-2,4,6-8,11-12,18,28H,3,5,9-10H2,(H,25,26,29). The van der Waals surface area contributed by atoms with Crippen LogP contribution in [0.25, 0.3) is 0 Å². The Kier molecular flexibility index (Phi) is 5.94. The van der Waals surface area contributed by atoms with Crippen LogP contribution < -0.4 is 5.32 Å². The van der Waals surface area contributed by atoms with Gasteiger partial charge in [0, 0.05) is 24.0 Å². The quantitative estimate of drug-likeness (QED) is 0.625. The van der Waals surface area contributed by atoms with Crippen molar-refractivity contribution in [1.29, 1.82) is 0 Å². The van der Waals surface area contributed by atoms with E-state index in [1.807, 2.05) is 0 Å². The van der Waals surface area contributed by atoms with E-state index in [2.05, 4.69) is 10.3 Å². The number of likely N-dealkylation sites (tertiary alicyclic amines) is 1. The largest absolute Gasteiger partial charge is 0.507 e. The SMILES string of the molecule is O=C(Nc1ncc(Cc2ccc(F)c(F)c2)s1)C1CCCN1C(=O)c1ccccc1O. The third kappa shape index (κ3) is 4.56. The van der Waals surface area contributed by atoms with Gasteiger partial charge in [0.05, 0.1) is 5.56 Å². The first-order chi connectivity index (χ1) is 14.9. The Bertz CT molecular complexity index is 1130. The summed E-state index contributed by atoms with van der Waals surface area (Å²) in [4.78, 5) is 32.0. The molecule has 0 spiro atoms. The molecule has 0 aliphatic carbocycles. The number of amides is 2. The molecule has 2 aromatic carbocycles. The smallest absolute Gasteiger partial charge is 0.258 e. The Hall–Kier alpha value is -3.33. The number of hydrogen-bond acceptors (Lipinski definition) is 5. The second-order valence-electron chi connectivity index (χ2n) is 7.22. The van der Waals surface area contributed by atoms with E-state index < -0.39 is 23.6 Å². The number of rotatable bonds is 5. The highest BCUT2D eigenvalue weighted by molar-refractivity contribution is 7.15. The van der Waals surface area contributed by atoms with Crippen molar-refractivity contribution >= 4 is 28.3 Å². The molecule has 3 aromatic rings. The fourth-order valence-electron chi connectivity index (χ4n) is 3.58. The van der Waals surface area contributed by atoms with E-state index >= 15 is 0 Å². The molecule has 31 heavy (non-hydrogen) atoms. The zero-order valence-electron chi connectivity index (χ0n) is 16.3. The third-order valence-corrected chi connectivity index (χ3v) is 6.01. The number of aromatic nitrogens is 1.